The van der Waals surface area contributed by atoms with Gasteiger partial charge < -0.3 is 8.98 Å². The van der Waals surface area contributed by atoms with Crippen molar-refractivity contribution in [3.63, 3.8) is 0 Å². The molecular weight excluding hydrogens is 256 g/mol. The molecule has 0 aliphatic rings. The summed E-state index contributed by atoms with van der Waals surface area (Å²) in [6, 6.07) is 8.68. The molecule has 3 heterocycles. The van der Waals surface area contributed by atoms with Gasteiger partial charge in [-0.2, -0.15) is 5.26 Å². The van der Waals surface area contributed by atoms with Crippen molar-refractivity contribution in [3.8, 4) is 6.07 Å². The number of ketones is 1. The van der Waals surface area contributed by atoms with E-state index in [2.05, 4.69) is 9.97 Å². The highest BCUT2D eigenvalue weighted by molar-refractivity contribution is 6.00. The summed E-state index contributed by atoms with van der Waals surface area (Å²) >= 11 is 0. The summed E-state index contributed by atoms with van der Waals surface area (Å²) in [5.41, 5.74) is 1.28. The molecular formula is C14H10N4O2. The predicted octanol–water partition coefficient (Wildman–Crippen LogP) is 2.05. The number of carbonyl (C=O) groups excluding carboxylic acids is 1. The van der Waals surface area contributed by atoms with Crippen LogP contribution in [0, 0.1) is 11.3 Å². The second kappa shape index (κ2) is 4.63. The monoisotopic (exact) mass is 266 g/mol. The summed E-state index contributed by atoms with van der Waals surface area (Å²) in [7, 11) is 1.73. The van der Waals surface area contributed by atoms with E-state index in [0.29, 0.717) is 17.0 Å². The van der Waals surface area contributed by atoms with Crippen molar-refractivity contribution in [2.45, 2.75) is 5.92 Å². The first-order valence-electron chi connectivity index (χ1n) is 5.97. The van der Waals surface area contributed by atoms with Gasteiger partial charge in [0.15, 0.2) is 17.3 Å². The molecule has 1 unspecified atom stereocenters. The maximum atomic E-state index is 12.3. The van der Waals surface area contributed by atoms with Gasteiger partial charge in [0.25, 0.3) is 0 Å². The van der Waals surface area contributed by atoms with E-state index in [1.165, 1.54) is 12.3 Å². The molecule has 0 saturated heterocycles. The van der Waals surface area contributed by atoms with Crippen LogP contribution in [0.2, 0.25) is 0 Å². The summed E-state index contributed by atoms with van der Waals surface area (Å²) < 4.78 is 6.72. The Morgan fingerprint density at radius 2 is 2.30 bits per heavy atom. The number of aromatic nitrogens is 3. The van der Waals surface area contributed by atoms with Crippen molar-refractivity contribution in [1.82, 2.24) is 14.5 Å². The number of furan rings is 1. The van der Waals surface area contributed by atoms with E-state index in [1.54, 1.807) is 36.0 Å². The highest BCUT2D eigenvalue weighted by Crippen LogP contribution is 2.22. The fourth-order valence-electron chi connectivity index (χ4n) is 2.09. The molecule has 0 amide bonds. The third-order valence-corrected chi connectivity index (χ3v) is 3.08. The van der Waals surface area contributed by atoms with Gasteiger partial charge in [0.05, 0.1) is 12.3 Å². The Kier molecular flexibility index (Phi) is 2.80. The molecule has 6 nitrogen and oxygen atoms in total. The predicted molar refractivity (Wildman–Crippen MR) is 69.9 cm³/mol. The highest BCUT2D eigenvalue weighted by atomic mass is 16.3. The fraction of sp³-hybridized carbons (Fsp3) is 0.143. The second-order valence-corrected chi connectivity index (χ2v) is 4.28. The quantitative estimate of drug-likeness (QED) is 0.677. The van der Waals surface area contributed by atoms with Gasteiger partial charge in [-0.3, -0.25) is 4.79 Å². The molecule has 6 heteroatoms. The van der Waals surface area contributed by atoms with Crippen LogP contribution in [0.4, 0.5) is 0 Å². The van der Waals surface area contributed by atoms with E-state index in [4.69, 9.17) is 4.42 Å². The average Bonchev–Trinajstić information content (AvgIpc) is 3.09. The van der Waals surface area contributed by atoms with Crippen molar-refractivity contribution >= 4 is 16.9 Å². The number of hydrogen-bond donors (Lipinski definition) is 0. The number of carbonyl (C=O) groups is 1. The molecule has 1 atom stereocenters. The lowest BCUT2D eigenvalue weighted by Gasteiger charge is -2.06. The van der Waals surface area contributed by atoms with Gasteiger partial charge in [0.2, 0.25) is 5.78 Å². The minimum atomic E-state index is -1.01. The van der Waals surface area contributed by atoms with Gasteiger partial charge in [-0.05, 0) is 24.3 Å². The molecule has 0 spiro atoms. The lowest BCUT2D eigenvalue weighted by Crippen LogP contribution is -2.15. The molecule has 0 saturated carbocycles. The molecule has 0 aliphatic carbocycles. The van der Waals surface area contributed by atoms with Gasteiger partial charge in [-0.15, -0.1) is 0 Å². The lowest BCUT2D eigenvalue weighted by atomic mass is 10.0. The van der Waals surface area contributed by atoms with Crippen LogP contribution in [0.25, 0.3) is 11.2 Å². The molecule has 0 fully saturated rings. The Hall–Kier alpha value is -2.94. The van der Waals surface area contributed by atoms with Gasteiger partial charge in [0.1, 0.15) is 11.3 Å². The van der Waals surface area contributed by atoms with Crippen LogP contribution in [0.3, 0.4) is 0 Å². The van der Waals surface area contributed by atoms with E-state index in [-0.39, 0.29) is 5.76 Å². The summed E-state index contributed by atoms with van der Waals surface area (Å²) in [5, 5.41) is 9.31. The molecule has 3 aromatic heterocycles. The van der Waals surface area contributed by atoms with Crippen LogP contribution in [0.15, 0.2) is 41.1 Å². The summed E-state index contributed by atoms with van der Waals surface area (Å²) in [5.74, 6) is -0.907. The number of nitriles is 1. The van der Waals surface area contributed by atoms with Crippen LogP contribution in [-0.4, -0.2) is 20.3 Å². The van der Waals surface area contributed by atoms with Crippen molar-refractivity contribution < 1.29 is 9.21 Å². The normalized spacial score (nSPS) is 12.2. The van der Waals surface area contributed by atoms with Crippen LogP contribution >= 0.6 is 0 Å². The summed E-state index contributed by atoms with van der Waals surface area (Å²) in [6.07, 6.45) is 3.04. The maximum absolute atomic E-state index is 12.3. The smallest absolute Gasteiger partial charge is 0.222 e. The molecule has 0 N–H and O–H groups in total. The topological polar surface area (TPSA) is 84.7 Å². The third kappa shape index (κ3) is 1.77. The van der Waals surface area contributed by atoms with Gasteiger partial charge in [-0.1, -0.05) is 0 Å². The standard InChI is InChI=1S/C14H10N4O2/c1-18-13(17-10-4-2-6-16-14(10)18)9(8-15)12(19)11-5-3-7-20-11/h2-7,9H,1H3. The Morgan fingerprint density at radius 3 is 2.95 bits per heavy atom. The number of rotatable bonds is 3. The Balaban J connectivity index is 2.11. The van der Waals surface area contributed by atoms with Crippen LogP contribution in [-0.2, 0) is 7.05 Å². The van der Waals surface area contributed by atoms with Crippen molar-refractivity contribution in [2.75, 3.05) is 0 Å². The molecule has 0 aliphatic heterocycles. The minimum absolute atomic E-state index is 0.150. The van der Waals surface area contributed by atoms with E-state index in [9.17, 15) is 10.1 Å². The average molecular weight is 266 g/mol. The zero-order chi connectivity index (χ0) is 14.1. The number of aryl methyl sites for hydroxylation is 1. The number of pyridine rings is 1. The Labute approximate surface area is 114 Å². The number of nitrogens with zero attached hydrogens (tertiary/aromatic N) is 4. The third-order valence-electron chi connectivity index (χ3n) is 3.08. The van der Waals surface area contributed by atoms with Gasteiger partial charge in [-0.25, -0.2) is 9.97 Å². The van der Waals surface area contributed by atoms with Gasteiger partial charge >= 0.3 is 0 Å². The van der Waals surface area contributed by atoms with Crippen molar-refractivity contribution in [3.05, 3.63) is 48.3 Å². The van der Waals surface area contributed by atoms with E-state index in [1.807, 2.05) is 6.07 Å². The molecule has 0 radical (unpaired) electrons. The van der Waals surface area contributed by atoms with E-state index in [0.717, 1.165) is 0 Å². The number of fused-ring (bicyclic) bond motifs is 1. The number of imidazole rings is 1. The number of hydrogen-bond acceptors (Lipinski definition) is 5. The van der Waals surface area contributed by atoms with Crippen LogP contribution in [0.5, 0.6) is 0 Å². The Morgan fingerprint density at radius 1 is 1.45 bits per heavy atom. The number of Topliss-reactive ketones (excluding diaryl/α,β-unsaturated/α-hetero) is 1. The van der Waals surface area contributed by atoms with Crippen molar-refractivity contribution in [2.24, 2.45) is 7.05 Å². The minimum Gasteiger partial charge on any atom is -0.461 e. The summed E-state index contributed by atoms with van der Waals surface area (Å²) in [6.45, 7) is 0. The SMILES string of the molecule is Cn1c(C(C#N)C(=O)c2ccco2)nc2cccnc21. The second-order valence-electron chi connectivity index (χ2n) is 4.28. The molecule has 0 aromatic carbocycles. The largest absolute Gasteiger partial charge is 0.461 e. The van der Waals surface area contributed by atoms with Crippen molar-refractivity contribution in [1.29, 1.82) is 5.26 Å². The molecule has 20 heavy (non-hydrogen) atoms. The van der Waals surface area contributed by atoms with Gasteiger partial charge in [0, 0.05) is 13.2 Å². The van der Waals surface area contributed by atoms with E-state index < -0.39 is 11.7 Å². The summed E-state index contributed by atoms with van der Waals surface area (Å²) in [4.78, 5) is 20.8. The Bertz CT molecular complexity index is 811. The first-order valence-corrected chi connectivity index (χ1v) is 5.97. The molecule has 0 bridgehead atoms. The first kappa shape index (κ1) is 12.1. The zero-order valence-corrected chi connectivity index (χ0v) is 10.6. The van der Waals surface area contributed by atoms with Crippen LogP contribution in [0.1, 0.15) is 22.3 Å². The first-order chi connectivity index (χ1) is 9.72. The molecule has 98 valence electrons. The zero-order valence-electron chi connectivity index (χ0n) is 10.6. The molecule has 3 rings (SSSR count). The fourth-order valence-corrected chi connectivity index (χ4v) is 2.09. The highest BCUT2D eigenvalue weighted by Gasteiger charge is 2.28. The maximum Gasteiger partial charge on any atom is 0.222 e. The molecule has 3 aromatic rings. The van der Waals surface area contributed by atoms with Crippen LogP contribution < -0.4 is 0 Å². The lowest BCUT2D eigenvalue weighted by molar-refractivity contribution is 0.0948. The van der Waals surface area contributed by atoms with E-state index >= 15 is 0 Å².